The standard InChI is InChI=1S/C14H20ClNOS/c1-9-6-13(14(17)10(2)15)11(3)16(9)7-12-4-5-18-8-12/h6,10,12H,4-5,7-8H2,1-3H3. The maximum atomic E-state index is 12.0. The Morgan fingerprint density at radius 1 is 1.61 bits per heavy atom. The average Bonchev–Trinajstić information content (AvgIpc) is 2.91. The molecule has 2 atom stereocenters. The first kappa shape index (κ1) is 14.0. The quantitative estimate of drug-likeness (QED) is 0.622. The molecule has 0 radical (unpaired) electrons. The number of hydrogen-bond acceptors (Lipinski definition) is 2. The van der Waals surface area contributed by atoms with Crippen molar-refractivity contribution in [3.63, 3.8) is 0 Å². The second-order valence-electron chi connectivity index (χ2n) is 5.11. The van der Waals surface area contributed by atoms with Gasteiger partial charge in [0.2, 0.25) is 0 Å². The Bertz CT molecular complexity index is 447. The van der Waals surface area contributed by atoms with Crippen molar-refractivity contribution in [1.29, 1.82) is 0 Å². The Balaban J connectivity index is 2.23. The summed E-state index contributed by atoms with van der Waals surface area (Å²) in [7, 11) is 0. The summed E-state index contributed by atoms with van der Waals surface area (Å²) in [4.78, 5) is 12.0. The molecule has 1 aromatic heterocycles. The number of alkyl halides is 1. The van der Waals surface area contributed by atoms with Gasteiger partial charge in [-0.1, -0.05) is 0 Å². The molecule has 2 rings (SSSR count). The zero-order valence-electron chi connectivity index (χ0n) is 11.2. The number of aryl methyl sites for hydroxylation is 1. The van der Waals surface area contributed by atoms with Crippen LogP contribution in [0.1, 0.15) is 35.1 Å². The molecule has 1 aromatic rings. The Hall–Kier alpha value is -0.410. The molecular weight excluding hydrogens is 266 g/mol. The second-order valence-corrected chi connectivity index (χ2v) is 6.91. The molecule has 1 aliphatic heterocycles. The molecule has 1 aliphatic rings. The normalized spacial score (nSPS) is 21.2. The van der Waals surface area contributed by atoms with E-state index in [1.165, 1.54) is 23.6 Å². The zero-order valence-corrected chi connectivity index (χ0v) is 12.8. The van der Waals surface area contributed by atoms with Crippen LogP contribution in [-0.4, -0.2) is 27.2 Å². The monoisotopic (exact) mass is 285 g/mol. The van der Waals surface area contributed by atoms with Gasteiger partial charge in [-0.05, 0) is 50.7 Å². The van der Waals surface area contributed by atoms with Gasteiger partial charge in [0, 0.05) is 23.5 Å². The average molecular weight is 286 g/mol. The summed E-state index contributed by atoms with van der Waals surface area (Å²) in [5.74, 6) is 3.30. The summed E-state index contributed by atoms with van der Waals surface area (Å²) in [6.07, 6.45) is 1.29. The molecule has 0 saturated carbocycles. The number of hydrogen-bond donors (Lipinski definition) is 0. The van der Waals surface area contributed by atoms with Crippen LogP contribution in [0.2, 0.25) is 0 Å². The molecule has 0 spiro atoms. The number of carbonyl (C=O) groups excluding carboxylic acids is 1. The molecule has 0 N–H and O–H groups in total. The molecular formula is C14H20ClNOS. The van der Waals surface area contributed by atoms with Crippen LogP contribution in [0.5, 0.6) is 0 Å². The first-order valence-corrected chi connectivity index (χ1v) is 8.02. The van der Waals surface area contributed by atoms with E-state index in [2.05, 4.69) is 11.5 Å². The molecule has 0 aromatic carbocycles. The van der Waals surface area contributed by atoms with Gasteiger partial charge in [-0.2, -0.15) is 11.8 Å². The minimum absolute atomic E-state index is 0.0387. The summed E-state index contributed by atoms with van der Waals surface area (Å²) < 4.78 is 2.28. The van der Waals surface area contributed by atoms with Crippen LogP contribution in [0, 0.1) is 19.8 Å². The molecule has 0 bridgehead atoms. The van der Waals surface area contributed by atoms with Gasteiger partial charge in [0.15, 0.2) is 5.78 Å². The van der Waals surface area contributed by atoms with Gasteiger partial charge in [0.1, 0.15) is 0 Å². The predicted octanol–water partition coefficient (Wildman–Crippen LogP) is 3.67. The van der Waals surface area contributed by atoms with Crippen molar-refractivity contribution in [3.05, 3.63) is 23.0 Å². The van der Waals surface area contributed by atoms with E-state index in [0.29, 0.717) is 0 Å². The van der Waals surface area contributed by atoms with Crippen molar-refractivity contribution < 1.29 is 4.79 Å². The highest BCUT2D eigenvalue weighted by molar-refractivity contribution is 7.99. The highest BCUT2D eigenvalue weighted by Crippen LogP contribution is 2.27. The van der Waals surface area contributed by atoms with E-state index in [1.807, 2.05) is 24.8 Å². The van der Waals surface area contributed by atoms with Gasteiger partial charge in [-0.3, -0.25) is 4.79 Å². The van der Waals surface area contributed by atoms with Crippen LogP contribution in [0.25, 0.3) is 0 Å². The van der Waals surface area contributed by atoms with Gasteiger partial charge in [-0.25, -0.2) is 0 Å². The van der Waals surface area contributed by atoms with Crippen LogP contribution in [0.15, 0.2) is 6.07 Å². The smallest absolute Gasteiger partial charge is 0.182 e. The van der Waals surface area contributed by atoms with Crippen LogP contribution >= 0.6 is 23.4 Å². The van der Waals surface area contributed by atoms with Crippen LogP contribution in [0.4, 0.5) is 0 Å². The molecule has 0 aliphatic carbocycles. The topological polar surface area (TPSA) is 22.0 Å². The van der Waals surface area contributed by atoms with Crippen molar-refractivity contribution in [2.24, 2.45) is 5.92 Å². The van der Waals surface area contributed by atoms with Crippen molar-refractivity contribution in [1.82, 2.24) is 4.57 Å². The van der Waals surface area contributed by atoms with E-state index in [-0.39, 0.29) is 5.78 Å². The van der Waals surface area contributed by atoms with Gasteiger partial charge in [0.05, 0.1) is 5.38 Å². The lowest BCUT2D eigenvalue weighted by molar-refractivity contribution is 0.0991. The fourth-order valence-electron chi connectivity index (χ4n) is 2.53. The van der Waals surface area contributed by atoms with Crippen molar-refractivity contribution in [2.45, 2.75) is 39.1 Å². The van der Waals surface area contributed by atoms with Crippen LogP contribution in [-0.2, 0) is 6.54 Å². The van der Waals surface area contributed by atoms with E-state index in [1.54, 1.807) is 6.92 Å². The third kappa shape index (κ3) is 2.77. The first-order valence-electron chi connectivity index (χ1n) is 6.43. The van der Waals surface area contributed by atoms with Gasteiger partial charge < -0.3 is 4.57 Å². The lowest BCUT2D eigenvalue weighted by atomic mass is 10.1. The summed E-state index contributed by atoms with van der Waals surface area (Å²) in [6.45, 7) is 6.88. The SMILES string of the molecule is Cc1cc(C(=O)C(C)Cl)c(C)n1CC1CCSC1. The summed E-state index contributed by atoms with van der Waals surface area (Å²) in [6, 6.07) is 1.98. The van der Waals surface area contributed by atoms with Gasteiger partial charge in [0.25, 0.3) is 0 Å². The summed E-state index contributed by atoms with van der Waals surface area (Å²) in [5.41, 5.74) is 3.03. The minimum atomic E-state index is -0.444. The lowest BCUT2D eigenvalue weighted by Gasteiger charge is -2.14. The van der Waals surface area contributed by atoms with E-state index < -0.39 is 5.38 Å². The highest BCUT2D eigenvalue weighted by Gasteiger charge is 2.22. The Kier molecular flexibility index (Phi) is 4.44. The maximum absolute atomic E-state index is 12.0. The van der Waals surface area contributed by atoms with Crippen molar-refractivity contribution in [2.75, 3.05) is 11.5 Å². The molecule has 18 heavy (non-hydrogen) atoms. The fraction of sp³-hybridized carbons (Fsp3) is 0.643. The molecule has 2 unspecified atom stereocenters. The Morgan fingerprint density at radius 3 is 2.89 bits per heavy atom. The van der Waals surface area contributed by atoms with Crippen LogP contribution in [0.3, 0.4) is 0 Å². The first-order chi connectivity index (χ1) is 8.50. The molecule has 4 heteroatoms. The minimum Gasteiger partial charge on any atom is -0.348 e. The van der Waals surface area contributed by atoms with E-state index in [0.717, 1.165) is 23.7 Å². The third-order valence-corrected chi connectivity index (χ3v) is 5.09. The van der Waals surface area contributed by atoms with Gasteiger partial charge in [-0.15, -0.1) is 11.6 Å². The molecule has 1 saturated heterocycles. The predicted molar refractivity (Wildman–Crippen MR) is 79.0 cm³/mol. The fourth-order valence-corrected chi connectivity index (χ4v) is 3.92. The van der Waals surface area contributed by atoms with Crippen molar-refractivity contribution >= 4 is 29.1 Å². The molecule has 2 nitrogen and oxygen atoms in total. The number of thioether (sulfide) groups is 1. The zero-order chi connectivity index (χ0) is 13.3. The number of nitrogens with zero attached hydrogens (tertiary/aromatic N) is 1. The Labute approximate surface area is 118 Å². The molecule has 100 valence electrons. The molecule has 2 heterocycles. The number of Topliss-reactive ketones (excluding diaryl/α,β-unsaturated/α-hetero) is 1. The second kappa shape index (κ2) is 5.70. The molecule has 0 amide bonds. The number of carbonyl (C=O) groups is 1. The maximum Gasteiger partial charge on any atom is 0.182 e. The largest absolute Gasteiger partial charge is 0.348 e. The van der Waals surface area contributed by atoms with E-state index in [9.17, 15) is 4.79 Å². The Morgan fingerprint density at radius 2 is 2.33 bits per heavy atom. The van der Waals surface area contributed by atoms with Crippen molar-refractivity contribution in [3.8, 4) is 0 Å². The third-order valence-electron chi connectivity index (χ3n) is 3.67. The van der Waals surface area contributed by atoms with Crippen LogP contribution < -0.4 is 0 Å². The number of aromatic nitrogens is 1. The lowest BCUT2D eigenvalue weighted by Crippen LogP contribution is -2.15. The van der Waals surface area contributed by atoms with Gasteiger partial charge >= 0.3 is 0 Å². The number of halogens is 1. The van der Waals surface area contributed by atoms with E-state index in [4.69, 9.17) is 11.6 Å². The van der Waals surface area contributed by atoms with E-state index >= 15 is 0 Å². The molecule has 1 fully saturated rings. The summed E-state index contributed by atoms with van der Waals surface area (Å²) in [5, 5.41) is -0.444. The number of ketones is 1. The highest BCUT2D eigenvalue weighted by atomic mass is 35.5. The number of rotatable bonds is 4. The summed E-state index contributed by atoms with van der Waals surface area (Å²) >= 11 is 7.93.